The summed E-state index contributed by atoms with van der Waals surface area (Å²) < 4.78 is 4.68. The number of hydrogen-bond acceptors (Lipinski definition) is 4. The van der Waals surface area contributed by atoms with Crippen molar-refractivity contribution in [2.75, 3.05) is 18.6 Å². The third-order valence-corrected chi connectivity index (χ3v) is 5.37. The Morgan fingerprint density at radius 2 is 1.83 bits per heavy atom. The molecule has 0 saturated heterocycles. The standard InChI is InChI=1S/C25H20ClNO3/c1-30-24(28)14-12-19-8-5-15-27(19)23-13-11-18(26)16-22(23)25(29)21-10-4-7-17-6-2-3-9-20(17)21/h2-4,6-14,16H,5,15H2,1H3/b14-12+. The minimum atomic E-state index is -0.425. The minimum absolute atomic E-state index is 0.0903. The molecule has 5 heteroatoms. The fourth-order valence-electron chi connectivity index (χ4n) is 3.71. The first kappa shape index (κ1) is 19.9. The molecular weight excluding hydrogens is 398 g/mol. The third kappa shape index (κ3) is 3.87. The Labute approximate surface area is 180 Å². The first-order valence-corrected chi connectivity index (χ1v) is 10.0. The van der Waals surface area contributed by atoms with Crippen LogP contribution >= 0.6 is 11.6 Å². The van der Waals surface area contributed by atoms with E-state index in [1.165, 1.54) is 13.2 Å². The number of methoxy groups -OCH3 is 1. The average molecular weight is 418 g/mol. The molecular formula is C25H20ClNO3. The number of halogens is 1. The van der Waals surface area contributed by atoms with Crippen LogP contribution < -0.4 is 4.90 Å². The average Bonchev–Trinajstić information content (AvgIpc) is 3.25. The Balaban J connectivity index is 1.78. The largest absolute Gasteiger partial charge is 0.466 e. The number of ketones is 1. The van der Waals surface area contributed by atoms with E-state index in [2.05, 4.69) is 4.74 Å². The minimum Gasteiger partial charge on any atom is -0.466 e. The quantitative estimate of drug-likeness (QED) is 0.310. The maximum absolute atomic E-state index is 13.6. The van der Waals surface area contributed by atoms with Gasteiger partial charge in [0.05, 0.1) is 12.8 Å². The highest BCUT2D eigenvalue weighted by atomic mass is 35.5. The molecule has 3 aromatic rings. The molecule has 0 aromatic heterocycles. The van der Waals surface area contributed by atoms with E-state index in [9.17, 15) is 9.59 Å². The van der Waals surface area contributed by atoms with Crippen molar-refractivity contribution in [2.45, 2.75) is 6.42 Å². The van der Waals surface area contributed by atoms with E-state index in [0.29, 0.717) is 22.7 Å². The van der Waals surface area contributed by atoms with Gasteiger partial charge in [0.1, 0.15) is 0 Å². The Kier molecular flexibility index (Phi) is 5.68. The molecule has 0 atom stereocenters. The van der Waals surface area contributed by atoms with Gasteiger partial charge >= 0.3 is 5.97 Å². The van der Waals surface area contributed by atoms with Gasteiger partial charge in [0, 0.05) is 34.5 Å². The zero-order valence-corrected chi connectivity index (χ0v) is 17.2. The van der Waals surface area contributed by atoms with E-state index in [4.69, 9.17) is 11.6 Å². The van der Waals surface area contributed by atoms with E-state index in [1.807, 2.05) is 59.5 Å². The van der Waals surface area contributed by atoms with Gasteiger partial charge in [-0.05, 0) is 41.5 Å². The maximum Gasteiger partial charge on any atom is 0.330 e. The second-order valence-electron chi connectivity index (χ2n) is 6.94. The Hall–Kier alpha value is -3.37. The number of rotatable bonds is 5. The molecule has 0 bridgehead atoms. The summed E-state index contributed by atoms with van der Waals surface area (Å²) in [4.78, 5) is 27.1. The Morgan fingerprint density at radius 1 is 1.03 bits per heavy atom. The summed E-state index contributed by atoms with van der Waals surface area (Å²) in [5.41, 5.74) is 2.76. The van der Waals surface area contributed by atoms with Crippen molar-refractivity contribution >= 4 is 39.8 Å². The smallest absolute Gasteiger partial charge is 0.330 e. The number of nitrogens with zero attached hydrogens (tertiary/aromatic N) is 1. The zero-order valence-electron chi connectivity index (χ0n) is 16.5. The van der Waals surface area contributed by atoms with Crippen molar-refractivity contribution in [1.29, 1.82) is 0 Å². The number of carbonyl (C=O) groups is 2. The van der Waals surface area contributed by atoms with Gasteiger partial charge in [-0.3, -0.25) is 4.79 Å². The lowest BCUT2D eigenvalue weighted by atomic mass is 9.96. The summed E-state index contributed by atoms with van der Waals surface area (Å²) in [5.74, 6) is -0.515. The van der Waals surface area contributed by atoms with E-state index < -0.39 is 5.97 Å². The molecule has 4 rings (SSSR count). The number of fused-ring (bicyclic) bond motifs is 1. The Morgan fingerprint density at radius 3 is 2.67 bits per heavy atom. The van der Waals surface area contributed by atoms with Gasteiger partial charge in [-0.1, -0.05) is 60.1 Å². The van der Waals surface area contributed by atoms with Gasteiger partial charge in [0.15, 0.2) is 5.78 Å². The van der Waals surface area contributed by atoms with E-state index >= 15 is 0 Å². The van der Waals surface area contributed by atoms with Gasteiger partial charge in [0.25, 0.3) is 0 Å². The fraction of sp³-hybridized carbons (Fsp3) is 0.120. The van der Waals surface area contributed by atoms with Crippen LogP contribution in [0.2, 0.25) is 5.02 Å². The summed E-state index contributed by atoms with van der Waals surface area (Å²) in [5, 5.41) is 2.41. The van der Waals surface area contributed by atoms with E-state index in [0.717, 1.165) is 28.6 Å². The van der Waals surface area contributed by atoms with Crippen LogP contribution in [0.4, 0.5) is 5.69 Å². The molecule has 0 radical (unpaired) electrons. The Bertz CT molecular complexity index is 1190. The molecule has 1 aliphatic heterocycles. The second kappa shape index (κ2) is 8.56. The number of carbonyl (C=O) groups excluding carboxylic acids is 2. The van der Waals surface area contributed by atoms with Crippen LogP contribution in [0.25, 0.3) is 10.8 Å². The van der Waals surface area contributed by atoms with Gasteiger partial charge in [0.2, 0.25) is 0 Å². The van der Waals surface area contributed by atoms with Crippen molar-refractivity contribution in [3.05, 3.63) is 101 Å². The predicted octanol–water partition coefficient (Wildman–Crippen LogP) is 5.55. The number of hydrogen-bond donors (Lipinski definition) is 0. The van der Waals surface area contributed by atoms with E-state index in [1.54, 1.807) is 18.2 Å². The maximum atomic E-state index is 13.6. The molecule has 1 aliphatic rings. The summed E-state index contributed by atoms with van der Waals surface area (Å²) in [6, 6.07) is 18.9. The number of esters is 1. The van der Waals surface area contributed by atoms with Crippen LogP contribution in [0.3, 0.4) is 0 Å². The van der Waals surface area contributed by atoms with Crippen molar-refractivity contribution in [1.82, 2.24) is 0 Å². The summed E-state index contributed by atoms with van der Waals surface area (Å²) in [6.07, 6.45) is 5.93. The molecule has 0 saturated carbocycles. The van der Waals surface area contributed by atoms with Crippen LogP contribution in [0, 0.1) is 0 Å². The number of ether oxygens (including phenoxy) is 1. The summed E-state index contributed by atoms with van der Waals surface area (Å²) >= 11 is 6.27. The summed E-state index contributed by atoms with van der Waals surface area (Å²) in [6.45, 7) is 0.707. The monoisotopic (exact) mass is 417 g/mol. The lowest BCUT2D eigenvalue weighted by molar-refractivity contribution is -0.134. The normalized spacial score (nSPS) is 13.7. The molecule has 0 N–H and O–H groups in total. The van der Waals surface area contributed by atoms with Crippen molar-refractivity contribution in [3.8, 4) is 0 Å². The first-order valence-electron chi connectivity index (χ1n) is 9.64. The van der Waals surface area contributed by atoms with Crippen LogP contribution in [0.15, 0.2) is 84.6 Å². The van der Waals surface area contributed by atoms with Crippen molar-refractivity contribution in [3.63, 3.8) is 0 Å². The topological polar surface area (TPSA) is 46.6 Å². The van der Waals surface area contributed by atoms with Gasteiger partial charge in [-0.2, -0.15) is 0 Å². The highest BCUT2D eigenvalue weighted by Gasteiger charge is 2.23. The van der Waals surface area contributed by atoms with Gasteiger partial charge in [-0.15, -0.1) is 0 Å². The highest BCUT2D eigenvalue weighted by molar-refractivity contribution is 6.31. The number of benzene rings is 3. The van der Waals surface area contributed by atoms with Crippen LogP contribution in [0.5, 0.6) is 0 Å². The molecule has 3 aromatic carbocycles. The summed E-state index contributed by atoms with van der Waals surface area (Å²) in [7, 11) is 1.34. The number of anilines is 1. The fourth-order valence-corrected chi connectivity index (χ4v) is 3.89. The highest BCUT2D eigenvalue weighted by Crippen LogP contribution is 2.33. The molecule has 0 fully saturated rings. The predicted molar refractivity (Wildman–Crippen MR) is 120 cm³/mol. The van der Waals surface area contributed by atoms with Crippen LogP contribution in [-0.4, -0.2) is 25.4 Å². The molecule has 150 valence electrons. The third-order valence-electron chi connectivity index (χ3n) is 5.14. The van der Waals surface area contributed by atoms with Crippen molar-refractivity contribution < 1.29 is 14.3 Å². The van der Waals surface area contributed by atoms with Crippen LogP contribution in [-0.2, 0) is 9.53 Å². The lowest BCUT2D eigenvalue weighted by Gasteiger charge is -2.24. The van der Waals surface area contributed by atoms with Gasteiger partial charge < -0.3 is 9.64 Å². The molecule has 1 heterocycles. The van der Waals surface area contributed by atoms with E-state index in [-0.39, 0.29) is 5.78 Å². The van der Waals surface area contributed by atoms with Gasteiger partial charge in [-0.25, -0.2) is 4.79 Å². The van der Waals surface area contributed by atoms with Crippen LogP contribution in [0.1, 0.15) is 22.3 Å². The molecule has 0 unspecified atom stereocenters. The zero-order chi connectivity index (χ0) is 21.1. The second-order valence-corrected chi connectivity index (χ2v) is 7.38. The lowest BCUT2D eigenvalue weighted by Crippen LogP contribution is -2.21. The molecule has 4 nitrogen and oxygen atoms in total. The molecule has 0 amide bonds. The first-order chi connectivity index (χ1) is 14.6. The SMILES string of the molecule is COC(=O)/C=C/C1=CCCN1c1ccc(Cl)cc1C(=O)c1cccc2ccccc12. The number of allylic oxidation sites excluding steroid dienone is 1. The molecule has 0 aliphatic carbocycles. The molecule has 0 spiro atoms. The molecule has 30 heavy (non-hydrogen) atoms. The van der Waals surface area contributed by atoms with Crippen molar-refractivity contribution in [2.24, 2.45) is 0 Å².